The van der Waals surface area contributed by atoms with Crippen molar-refractivity contribution in [2.24, 2.45) is 0 Å². The number of aryl methyl sites for hydroxylation is 1. The van der Waals surface area contributed by atoms with Crippen LogP contribution in [0.15, 0.2) is 42.5 Å². The Hall–Kier alpha value is -2.90. The molecule has 0 bridgehead atoms. The summed E-state index contributed by atoms with van der Waals surface area (Å²) < 4.78 is 7.91. The van der Waals surface area contributed by atoms with Gasteiger partial charge in [0.15, 0.2) is 5.82 Å². The van der Waals surface area contributed by atoms with Gasteiger partial charge in [-0.05, 0) is 36.6 Å². The Morgan fingerprint density at radius 1 is 1.12 bits per heavy atom. The Morgan fingerprint density at radius 3 is 2.75 bits per heavy atom. The lowest BCUT2D eigenvalue weighted by Crippen LogP contribution is -2.07. The molecule has 2 heterocycles. The first-order chi connectivity index (χ1) is 11.8. The normalized spacial score (nSPS) is 12.8. The molecule has 24 heavy (non-hydrogen) atoms. The van der Waals surface area contributed by atoms with Crippen LogP contribution in [0.2, 0.25) is 0 Å². The highest BCUT2D eigenvalue weighted by atomic mass is 16.5. The summed E-state index contributed by atoms with van der Waals surface area (Å²) in [6.45, 7) is 2.93. The van der Waals surface area contributed by atoms with Crippen molar-refractivity contribution in [3.8, 4) is 18.0 Å². The number of hydrogen-bond donors (Lipinski definition) is 0. The molecule has 0 N–H and O–H groups in total. The molecule has 0 aliphatic carbocycles. The van der Waals surface area contributed by atoms with Crippen LogP contribution in [-0.2, 0) is 24.4 Å². The molecule has 0 saturated heterocycles. The van der Waals surface area contributed by atoms with Crippen LogP contribution in [0.3, 0.4) is 0 Å². The lowest BCUT2D eigenvalue weighted by atomic mass is 9.93. The molecule has 0 atom stereocenters. The van der Waals surface area contributed by atoms with Crippen LogP contribution in [0.25, 0.3) is 5.69 Å². The third-order valence-corrected chi connectivity index (χ3v) is 4.40. The molecule has 4 rings (SSSR count). The Labute approximate surface area is 141 Å². The number of benzene rings is 2. The van der Waals surface area contributed by atoms with Gasteiger partial charge in [0.1, 0.15) is 12.4 Å². The van der Waals surface area contributed by atoms with Crippen LogP contribution in [0.4, 0.5) is 0 Å². The van der Waals surface area contributed by atoms with Crippen molar-refractivity contribution in [1.29, 1.82) is 0 Å². The van der Waals surface area contributed by atoms with E-state index in [1.54, 1.807) is 0 Å². The minimum absolute atomic E-state index is 0.450. The molecule has 1 aliphatic heterocycles. The van der Waals surface area contributed by atoms with E-state index in [0.717, 1.165) is 40.4 Å². The second-order valence-corrected chi connectivity index (χ2v) is 5.89. The molecule has 0 unspecified atom stereocenters. The minimum atomic E-state index is 0.450. The smallest absolute Gasteiger partial charge is 0.163 e. The van der Waals surface area contributed by atoms with E-state index in [9.17, 15) is 0 Å². The lowest BCUT2D eigenvalue weighted by molar-refractivity contribution is 0.104. The number of rotatable bonds is 2. The summed E-state index contributed by atoms with van der Waals surface area (Å²) in [5.74, 6) is 4.50. The van der Waals surface area contributed by atoms with E-state index in [-0.39, 0.29) is 0 Å². The molecule has 1 aromatic heterocycles. The molecule has 118 valence electrons. The van der Waals surface area contributed by atoms with Crippen LogP contribution < -0.4 is 0 Å². The molecule has 0 radical (unpaired) electrons. The van der Waals surface area contributed by atoms with Gasteiger partial charge >= 0.3 is 0 Å². The zero-order valence-electron chi connectivity index (χ0n) is 13.5. The Balaban J connectivity index is 1.91. The highest BCUT2D eigenvalue weighted by Gasteiger charge is 2.22. The predicted molar refractivity (Wildman–Crippen MR) is 91.8 cm³/mol. The molecule has 0 saturated carbocycles. The second-order valence-electron chi connectivity index (χ2n) is 5.89. The molecule has 4 nitrogen and oxygen atoms in total. The van der Waals surface area contributed by atoms with E-state index in [1.165, 1.54) is 5.56 Å². The van der Waals surface area contributed by atoms with Gasteiger partial charge in [-0.15, -0.1) is 16.6 Å². The van der Waals surface area contributed by atoms with Crippen molar-refractivity contribution in [2.75, 3.05) is 0 Å². The SMILES string of the molecule is C#Cc1ccc2c(c1Cc1ccccc1)COCc1nnc(C)n1-2. The second kappa shape index (κ2) is 5.95. The summed E-state index contributed by atoms with van der Waals surface area (Å²) in [5, 5.41) is 8.41. The van der Waals surface area contributed by atoms with Gasteiger partial charge in [0.2, 0.25) is 0 Å². The van der Waals surface area contributed by atoms with Gasteiger partial charge < -0.3 is 4.74 Å². The first-order valence-corrected chi connectivity index (χ1v) is 7.92. The molecular formula is C20H17N3O. The Bertz CT molecular complexity index is 936. The van der Waals surface area contributed by atoms with E-state index >= 15 is 0 Å². The van der Waals surface area contributed by atoms with Crippen LogP contribution in [-0.4, -0.2) is 14.8 Å². The molecule has 4 heteroatoms. The monoisotopic (exact) mass is 315 g/mol. The van der Waals surface area contributed by atoms with E-state index in [0.29, 0.717) is 13.2 Å². The summed E-state index contributed by atoms with van der Waals surface area (Å²) in [6, 6.07) is 14.4. The van der Waals surface area contributed by atoms with Crippen molar-refractivity contribution >= 4 is 0 Å². The van der Waals surface area contributed by atoms with Crippen LogP contribution in [0.1, 0.15) is 33.9 Å². The van der Waals surface area contributed by atoms with Crippen LogP contribution in [0, 0.1) is 19.3 Å². The maximum absolute atomic E-state index is 5.85. The van der Waals surface area contributed by atoms with Crippen molar-refractivity contribution in [3.05, 3.63) is 76.4 Å². The third-order valence-electron chi connectivity index (χ3n) is 4.40. The van der Waals surface area contributed by atoms with E-state index < -0.39 is 0 Å². The molecule has 0 spiro atoms. The molecule has 3 aromatic rings. The average molecular weight is 315 g/mol. The quantitative estimate of drug-likeness (QED) is 0.682. The maximum atomic E-state index is 5.85. The van der Waals surface area contributed by atoms with E-state index in [2.05, 4.69) is 32.8 Å². The highest BCUT2D eigenvalue weighted by Crippen LogP contribution is 2.29. The molecule has 0 amide bonds. The topological polar surface area (TPSA) is 39.9 Å². The number of fused-ring (bicyclic) bond motifs is 3. The summed E-state index contributed by atoms with van der Waals surface area (Å²) >= 11 is 0. The van der Waals surface area contributed by atoms with Gasteiger partial charge in [0, 0.05) is 11.1 Å². The summed E-state index contributed by atoms with van der Waals surface area (Å²) in [4.78, 5) is 0. The fourth-order valence-electron chi connectivity index (χ4n) is 3.25. The highest BCUT2D eigenvalue weighted by molar-refractivity contribution is 5.56. The first kappa shape index (κ1) is 14.7. The van der Waals surface area contributed by atoms with Gasteiger partial charge in [0.05, 0.1) is 12.3 Å². The van der Waals surface area contributed by atoms with Gasteiger partial charge in [-0.25, -0.2) is 0 Å². The summed E-state index contributed by atoms with van der Waals surface area (Å²) in [7, 11) is 0. The number of nitrogens with zero attached hydrogens (tertiary/aromatic N) is 3. The number of terminal acetylenes is 1. The number of ether oxygens (including phenoxy) is 1. The minimum Gasteiger partial charge on any atom is -0.369 e. The van der Waals surface area contributed by atoms with Crippen molar-refractivity contribution < 1.29 is 4.74 Å². The lowest BCUT2D eigenvalue weighted by Gasteiger charge is -2.16. The number of aromatic nitrogens is 3. The van der Waals surface area contributed by atoms with Crippen molar-refractivity contribution in [2.45, 2.75) is 26.6 Å². The average Bonchev–Trinajstić information content (AvgIpc) is 2.87. The number of hydrogen-bond acceptors (Lipinski definition) is 3. The predicted octanol–water partition coefficient (Wildman–Crippen LogP) is 3.18. The van der Waals surface area contributed by atoms with Gasteiger partial charge in [-0.1, -0.05) is 36.3 Å². The van der Waals surface area contributed by atoms with E-state index in [1.807, 2.05) is 37.3 Å². The van der Waals surface area contributed by atoms with Crippen LogP contribution >= 0.6 is 0 Å². The zero-order valence-corrected chi connectivity index (χ0v) is 13.5. The first-order valence-electron chi connectivity index (χ1n) is 7.92. The van der Waals surface area contributed by atoms with Gasteiger partial charge in [-0.2, -0.15) is 0 Å². The molecule has 0 fully saturated rings. The third kappa shape index (κ3) is 2.40. The zero-order chi connectivity index (χ0) is 16.5. The van der Waals surface area contributed by atoms with Gasteiger partial charge in [-0.3, -0.25) is 4.57 Å². The van der Waals surface area contributed by atoms with Crippen molar-refractivity contribution in [1.82, 2.24) is 14.8 Å². The fraction of sp³-hybridized carbons (Fsp3) is 0.200. The maximum Gasteiger partial charge on any atom is 0.163 e. The van der Waals surface area contributed by atoms with Crippen molar-refractivity contribution in [3.63, 3.8) is 0 Å². The Morgan fingerprint density at radius 2 is 1.96 bits per heavy atom. The summed E-state index contributed by atoms with van der Waals surface area (Å²) in [5.41, 5.74) is 5.47. The molecule has 1 aliphatic rings. The Kier molecular flexibility index (Phi) is 3.64. The fourth-order valence-corrected chi connectivity index (χ4v) is 3.25. The standard InChI is InChI=1S/C20H17N3O/c1-3-16-9-10-19-18(17(16)11-15-7-5-4-6-8-15)12-24-13-20-22-21-14(2)23(19)20/h1,4-10H,11-13H2,2H3. The van der Waals surface area contributed by atoms with E-state index in [4.69, 9.17) is 11.2 Å². The molecule has 2 aromatic carbocycles. The molecular weight excluding hydrogens is 298 g/mol. The largest absolute Gasteiger partial charge is 0.369 e. The van der Waals surface area contributed by atoms with Gasteiger partial charge in [0.25, 0.3) is 0 Å². The van der Waals surface area contributed by atoms with Crippen LogP contribution in [0.5, 0.6) is 0 Å². The summed E-state index contributed by atoms with van der Waals surface area (Å²) in [6.07, 6.45) is 6.54.